The van der Waals surface area contributed by atoms with Crippen LogP contribution >= 0.6 is 0 Å². The smallest absolute Gasteiger partial charge is 0.322 e. The Hall–Kier alpha value is -0.610. The molecule has 0 bridgehead atoms. The van der Waals surface area contributed by atoms with Crippen LogP contribution in [0.2, 0.25) is 0 Å². The van der Waals surface area contributed by atoms with E-state index in [0.717, 1.165) is 32.0 Å². The van der Waals surface area contributed by atoms with Gasteiger partial charge in [0.2, 0.25) is 0 Å². The molecule has 1 N–H and O–H groups in total. The molecule has 0 aromatic rings. The summed E-state index contributed by atoms with van der Waals surface area (Å²) >= 11 is 0. The fourth-order valence-electron chi connectivity index (χ4n) is 2.97. The maximum atomic E-state index is 11.6. The van der Waals surface area contributed by atoms with E-state index < -0.39 is 12.0 Å². The van der Waals surface area contributed by atoms with Crippen LogP contribution in [0.4, 0.5) is 0 Å². The van der Waals surface area contributed by atoms with E-state index in [9.17, 15) is 9.90 Å². The zero-order chi connectivity index (χ0) is 17.8. The second-order valence-electron chi connectivity index (χ2n) is 7.69. The molecule has 0 saturated heterocycles. The molecule has 0 aromatic carbocycles. The summed E-state index contributed by atoms with van der Waals surface area (Å²) in [5.41, 5.74) is 0. The molecule has 0 spiro atoms. The highest BCUT2D eigenvalue weighted by Gasteiger charge is 2.26. The van der Waals surface area contributed by atoms with Crippen molar-refractivity contribution in [3.63, 3.8) is 0 Å². The zero-order valence-electron chi connectivity index (χ0n) is 16.3. The molecule has 0 aliphatic rings. The zero-order valence-corrected chi connectivity index (χ0v) is 16.3. The lowest BCUT2D eigenvalue weighted by Crippen LogP contribution is -2.49. The minimum atomic E-state index is -0.698. The number of hydrogen-bond donors (Lipinski definition) is 1. The molecule has 1 atom stereocenters. The average Bonchev–Trinajstić information content (AvgIpc) is 2.45. The van der Waals surface area contributed by atoms with Gasteiger partial charge in [-0.2, -0.15) is 0 Å². The number of hydrogen-bond acceptors (Lipinski definition) is 3. The van der Waals surface area contributed by atoms with Crippen molar-refractivity contribution in [1.82, 2.24) is 9.80 Å². The Bertz CT molecular complexity index is 306. The van der Waals surface area contributed by atoms with Crippen LogP contribution in [0.25, 0.3) is 0 Å². The number of likely N-dealkylation sites (N-methyl/N-ethyl adjacent to an activating group) is 2. The minimum Gasteiger partial charge on any atom is -0.480 e. The first kappa shape index (κ1) is 22.4. The lowest BCUT2D eigenvalue weighted by atomic mass is 10.0. The van der Waals surface area contributed by atoms with Crippen LogP contribution in [-0.4, -0.2) is 60.1 Å². The quantitative estimate of drug-likeness (QED) is 0.490. The molecule has 4 heteroatoms. The van der Waals surface area contributed by atoms with Gasteiger partial charge in [0.15, 0.2) is 0 Å². The van der Waals surface area contributed by atoms with E-state index in [4.69, 9.17) is 0 Å². The second-order valence-corrected chi connectivity index (χ2v) is 7.69. The van der Waals surface area contributed by atoms with Crippen LogP contribution in [-0.2, 0) is 4.79 Å². The predicted molar refractivity (Wildman–Crippen MR) is 98.9 cm³/mol. The van der Waals surface area contributed by atoms with Crippen molar-refractivity contribution in [2.75, 3.05) is 33.2 Å². The van der Waals surface area contributed by atoms with Gasteiger partial charge in [-0.05, 0) is 38.4 Å². The first-order valence-electron chi connectivity index (χ1n) is 9.43. The maximum absolute atomic E-state index is 11.6. The number of rotatable bonds is 14. The molecule has 0 rings (SSSR count). The van der Waals surface area contributed by atoms with E-state index in [1.54, 1.807) is 0 Å². The summed E-state index contributed by atoms with van der Waals surface area (Å²) in [6.07, 6.45) is 6.34. The molecular formula is C19H40N2O2. The van der Waals surface area contributed by atoms with Crippen molar-refractivity contribution < 1.29 is 9.90 Å². The third-order valence-electron chi connectivity index (χ3n) is 4.29. The average molecular weight is 329 g/mol. The summed E-state index contributed by atoms with van der Waals surface area (Å²) in [6.45, 7) is 14.1. The molecule has 0 aromatic heterocycles. The van der Waals surface area contributed by atoms with Gasteiger partial charge < -0.3 is 10.0 Å². The van der Waals surface area contributed by atoms with Gasteiger partial charge in [0, 0.05) is 13.1 Å². The molecule has 0 aliphatic heterocycles. The lowest BCUT2D eigenvalue weighted by molar-refractivity contribution is -0.144. The Balaban J connectivity index is 4.14. The molecule has 0 amide bonds. The fraction of sp³-hybridized carbons (Fsp3) is 0.947. The van der Waals surface area contributed by atoms with Gasteiger partial charge in [0.1, 0.15) is 6.04 Å². The topological polar surface area (TPSA) is 43.8 Å². The van der Waals surface area contributed by atoms with E-state index in [1.165, 1.54) is 25.7 Å². The highest BCUT2D eigenvalue weighted by molar-refractivity contribution is 5.73. The van der Waals surface area contributed by atoms with Gasteiger partial charge in [-0.3, -0.25) is 9.69 Å². The fourth-order valence-corrected chi connectivity index (χ4v) is 2.97. The molecular weight excluding hydrogens is 288 g/mol. The number of nitrogens with zero attached hydrogens (tertiary/aromatic N) is 2. The van der Waals surface area contributed by atoms with Crippen LogP contribution < -0.4 is 0 Å². The Labute approximate surface area is 144 Å². The summed E-state index contributed by atoms with van der Waals surface area (Å²) in [5.74, 6) is 0.592. The molecule has 0 aliphatic carbocycles. The van der Waals surface area contributed by atoms with Crippen molar-refractivity contribution >= 4 is 5.97 Å². The number of carboxylic acid groups (broad SMARTS) is 1. The van der Waals surface area contributed by atoms with Crippen LogP contribution in [0.15, 0.2) is 0 Å². The molecule has 0 fully saturated rings. The first-order chi connectivity index (χ1) is 10.8. The van der Waals surface area contributed by atoms with E-state index in [1.807, 2.05) is 14.0 Å². The molecule has 4 nitrogen and oxygen atoms in total. The van der Waals surface area contributed by atoms with Crippen LogP contribution in [0.3, 0.4) is 0 Å². The third-order valence-corrected chi connectivity index (χ3v) is 4.29. The van der Waals surface area contributed by atoms with Crippen molar-refractivity contribution in [2.45, 2.75) is 72.8 Å². The Morgan fingerprint density at radius 1 is 0.957 bits per heavy atom. The molecule has 0 heterocycles. The van der Waals surface area contributed by atoms with Crippen molar-refractivity contribution in [2.24, 2.45) is 11.8 Å². The molecule has 23 heavy (non-hydrogen) atoms. The third kappa shape index (κ3) is 11.5. The van der Waals surface area contributed by atoms with Crippen molar-refractivity contribution in [3.05, 3.63) is 0 Å². The van der Waals surface area contributed by atoms with Gasteiger partial charge in [-0.15, -0.1) is 0 Å². The largest absolute Gasteiger partial charge is 0.480 e. The summed E-state index contributed by atoms with van der Waals surface area (Å²) < 4.78 is 0. The summed E-state index contributed by atoms with van der Waals surface area (Å²) in [5, 5.41) is 9.56. The first-order valence-corrected chi connectivity index (χ1v) is 9.43. The van der Waals surface area contributed by atoms with E-state index >= 15 is 0 Å². The van der Waals surface area contributed by atoms with Crippen molar-refractivity contribution in [3.8, 4) is 0 Å². The minimum absolute atomic E-state index is 0.395. The molecule has 1 unspecified atom stereocenters. The van der Waals surface area contributed by atoms with Crippen LogP contribution in [0.1, 0.15) is 66.7 Å². The number of carbonyl (C=O) groups is 1. The van der Waals surface area contributed by atoms with Crippen LogP contribution in [0, 0.1) is 11.8 Å². The van der Waals surface area contributed by atoms with E-state index in [-0.39, 0.29) is 0 Å². The van der Waals surface area contributed by atoms with E-state index in [2.05, 4.69) is 37.5 Å². The summed E-state index contributed by atoms with van der Waals surface area (Å²) in [4.78, 5) is 15.9. The number of carboxylic acids is 1. The predicted octanol–water partition coefficient (Wildman–Crippen LogP) is 3.96. The Kier molecular flexibility index (Phi) is 12.4. The standard InChI is InChI=1S/C19H40N2O2/c1-7-21(14-17(4)5)18(19(22)23)15-20(6)13-11-9-8-10-12-16(2)3/h16-18H,7-15H2,1-6H3,(H,22,23). The second kappa shape index (κ2) is 12.8. The number of aliphatic carboxylic acids is 1. The highest BCUT2D eigenvalue weighted by atomic mass is 16.4. The van der Waals surface area contributed by atoms with Gasteiger partial charge in [0.05, 0.1) is 0 Å². The Morgan fingerprint density at radius 3 is 2.04 bits per heavy atom. The Morgan fingerprint density at radius 2 is 1.57 bits per heavy atom. The van der Waals surface area contributed by atoms with Gasteiger partial charge in [-0.1, -0.05) is 60.3 Å². The molecule has 0 radical (unpaired) electrons. The van der Waals surface area contributed by atoms with Gasteiger partial charge in [0.25, 0.3) is 0 Å². The number of unbranched alkanes of at least 4 members (excludes halogenated alkanes) is 3. The molecule has 0 saturated carbocycles. The van der Waals surface area contributed by atoms with Gasteiger partial charge >= 0.3 is 5.97 Å². The lowest BCUT2D eigenvalue weighted by Gasteiger charge is -2.32. The normalized spacial score (nSPS) is 13.5. The van der Waals surface area contributed by atoms with Gasteiger partial charge in [-0.25, -0.2) is 0 Å². The van der Waals surface area contributed by atoms with Crippen molar-refractivity contribution in [1.29, 1.82) is 0 Å². The maximum Gasteiger partial charge on any atom is 0.322 e. The summed E-state index contributed by atoms with van der Waals surface area (Å²) in [6, 6.07) is -0.395. The molecule has 138 valence electrons. The highest BCUT2D eigenvalue weighted by Crippen LogP contribution is 2.11. The van der Waals surface area contributed by atoms with Crippen LogP contribution in [0.5, 0.6) is 0 Å². The SMILES string of the molecule is CCN(CC(C)C)C(CN(C)CCCCCCC(C)C)C(=O)O. The van der Waals surface area contributed by atoms with E-state index in [0.29, 0.717) is 12.5 Å². The monoisotopic (exact) mass is 328 g/mol. The summed E-state index contributed by atoms with van der Waals surface area (Å²) in [7, 11) is 2.05.